The first-order valence-corrected chi connectivity index (χ1v) is 43.8. The van der Waals surface area contributed by atoms with E-state index in [1.54, 1.807) is 0 Å². The van der Waals surface area contributed by atoms with Gasteiger partial charge in [-0.15, -0.1) is 0 Å². The van der Waals surface area contributed by atoms with E-state index in [1.807, 2.05) is 0 Å². The van der Waals surface area contributed by atoms with Gasteiger partial charge in [0.15, 0.2) is 12.2 Å². The molecule has 0 bridgehead atoms. The Morgan fingerprint density at radius 1 is 0.333 bits per heavy atom. The molecule has 0 rings (SSSR count). The molecule has 0 saturated heterocycles. The van der Waals surface area contributed by atoms with Crippen LogP contribution in [0.4, 0.5) is 0 Å². The fraction of sp³-hybridized carbons (Fsp3) is 0.900. The summed E-state index contributed by atoms with van der Waals surface area (Å²) in [7, 11) is -9.92. The summed E-state index contributed by atoms with van der Waals surface area (Å²) in [5, 5.41) is 10.6. The highest BCUT2D eigenvalue weighted by Gasteiger charge is 2.30. The van der Waals surface area contributed by atoms with Gasteiger partial charge in [0.05, 0.1) is 26.4 Å². The van der Waals surface area contributed by atoms with Crippen molar-refractivity contribution in [2.75, 3.05) is 39.6 Å². The van der Waals surface area contributed by atoms with Gasteiger partial charge in [0.2, 0.25) is 0 Å². The van der Waals surface area contributed by atoms with Gasteiger partial charge < -0.3 is 33.8 Å². The van der Waals surface area contributed by atoms with Crippen LogP contribution in [-0.2, 0) is 65.4 Å². The molecule has 0 heterocycles. The van der Waals surface area contributed by atoms with E-state index in [1.165, 1.54) is 193 Å². The Morgan fingerprint density at radius 2 is 0.596 bits per heavy atom. The van der Waals surface area contributed by atoms with E-state index in [4.69, 9.17) is 37.0 Å². The monoisotopic (exact) mass is 1450 g/mol. The molecule has 3 unspecified atom stereocenters. The van der Waals surface area contributed by atoms with E-state index in [0.29, 0.717) is 25.7 Å². The average Bonchev–Trinajstić information content (AvgIpc) is 1.01. The van der Waals surface area contributed by atoms with Crippen LogP contribution in [-0.4, -0.2) is 96.7 Å². The molecule has 0 aromatic carbocycles. The summed E-state index contributed by atoms with van der Waals surface area (Å²) in [4.78, 5) is 72.6. The molecular formula is C80H152O17P2. The Bertz CT molecular complexity index is 2000. The number of allylic oxidation sites excluding steroid dienone is 4. The number of hydrogen-bond acceptors (Lipinski definition) is 15. The predicted molar refractivity (Wildman–Crippen MR) is 404 cm³/mol. The number of carbonyl (C=O) groups is 4. The van der Waals surface area contributed by atoms with Crippen LogP contribution in [0.15, 0.2) is 24.3 Å². The second-order valence-corrected chi connectivity index (χ2v) is 31.7. The number of carbonyl (C=O) groups excluding carboxylic acids is 4. The van der Waals surface area contributed by atoms with Crippen molar-refractivity contribution in [2.45, 2.75) is 413 Å². The zero-order valence-electron chi connectivity index (χ0n) is 64.3. The third-order valence-electron chi connectivity index (χ3n) is 18.4. The largest absolute Gasteiger partial charge is 0.472 e. The molecule has 0 aliphatic carbocycles. The SMILES string of the molecule is CCCCCC/C=C\C=C/CCCCCCCC(=O)O[C@H](COC(=O)CCCCCCC)COP(=O)(O)OC[C@H](O)COP(=O)(O)OC[C@@H](COC(=O)CCCCCCCCCCCCCCCCC(C)C)OC(=O)CCCCCCCCCCCCCCCCCCCCC(C)CC. The zero-order valence-corrected chi connectivity index (χ0v) is 66.1. The van der Waals surface area contributed by atoms with E-state index in [9.17, 15) is 43.2 Å². The number of phosphoric ester groups is 2. The summed E-state index contributed by atoms with van der Waals surface area (Å²) >= 11 is 0. The minimum absolute atomic E-state index is 0.0842. The van der Waals surface area contributed by atoms with Crippen LogP contribution in [0.1, 0.15) is 395 Å². The molecule has 0 fully saturated rings. The summed E-state index contributed by atoms with van der Waals surface area (Å²) in [5.74, 6) is -0.485. The molecule has 3 N–H and O–H groups in total. The number of esters is 4. The lowest BCUT2D eigenvalue weighted by Crippen LogP contribution is -2.30. The van der Waals surface area contributed by atoms with Gasteiger partial charge >= 0.3 is 39.5 Å². The highest BCUT2D eigenvalue weighted by atomic mass is 31.2. The molecule has 0 amide bonds. The molecule has 0 spiro atoms. The highest BCUT2D eigenvalue weighted by Crippen LogP contribution is 2.45. The van der Waals surface area contributed by atoms with Crippen molar-refractivity contribution in [3.8, 4) is 0 Å². The molecule has 0 aliphatic heterocycles. The second kappa shape index (κ2) is 71.2. The molecule has 0 aromatic heterocycles. The molecule has 19 heteroatoms. The van der Waals surface area contributed by atoms with E-state index < -0.39 is 97.5 Å². The number of hydrogen-bond donors (Lipinski definition) is 3. The maximum Gasteiger partial charge on any atom is 0.472 e. The Labute approximate surface area is 605 Å². The molecular weight excluding hydrogens is 1290 g/mol. The molecule has 0 radical (unpaired) electrons. The number of unbranched alkanes of at least 4 members (excludes halogenated alkanes) is 43. The van der Waals surface area contributed by atoms with Gasteiger partial charge in [-0.3, -0.25) is 37.3 Å². The molecule has 0 saturated carbocycles. The number of phosphoric acid groups is 2. The molecule has 584 valence electrons. The lowest BCUT2D eigenvalue weighted by atomic mass is 9.99. The Hall–Kier alpha value is -2.46. The standard InChI is InChI=1S/C80H152O17P2/c1-7-10-12-14-15-16-17-18-23-31-36-41-46-52-58-64-79(84)96-75(68-90-77(82)62-56-48-13-11-8-2)70-94-98(86,87)92-66-74(81)67-93-99(88,89)95-71-76(69-91-78(83)63-57-51-45-40-35-30-27-26-28-33-38-43-49-54-60-72(4)5)97-80(85)65-59-53-47-42-37-32-25-22-20-19-21-24-29-34-39-44-50-55-61-73(6)9-3/h16-18,23,72-76,81H,7-15,19-22,24-71H2,1-6H3,(H,86,87)(H,88,89)/b17-16-,23-18-/t73?,74-,75+,76+/m0/s1. The van der Waals surface area contributed by atoms with Crippen LogP contribution in [0.5, 0.6) is 0 Å². The Kier molecular flexibility index (Phi) is 69.4. The highest BCUT2D eigenvalue weighted by molar-refractivity contribution is 7.47. The van der Waals surface area contributed by atoms with Crippen LogP contribution in [0.3, 0.4) is 0 Å². The maximum atomic E-state index is 13.1. The number of rotatable bonds is 77. The smallest absolute Gasteiger partial charge is 0.462 e. The van der Waals surface area contributed by atoms with Crippen molar-refractivity contribution in [2.24, 2.45) is 11.8 Å². The first-order chi connectivity index (χ1) is 47.9. The third kappa shape index (κ3) is 72.3. The lowest BCUT2D eigenvalue weighted by Gasteiger charge is -2.21. The fourth-order valence-corrected chi connectivity index (χ4v) is 13.4. The fourth-order valence-electron chi connectivity index (χ4n) is 11.8. The molecule has 17 nitrogen and oxygen atoms in total. The van der Waals surface area contributed by atoms with Crippen molar-refractivity contribution < 1.29 is 80.2 Å². The van der Waals surface area contributed by atoms with Crippen molar-refractivity contribution in [3.05, 3.63) is 24.3 Å². The lowest BCUT2D eigenvalue weighted by molar-refractivity contribution is -0.161. The minimum atomic E-state index is -4.96. The van der Waals surface area contributed by atoms with Crippen LogP contribution >= 0.6 is 15.6 Å². The first-order valence-electron chi connectivity index (χ1n) is 40.8. The van der Waals surface area contributed by atoms with Crippen LogP contribution in [0, 0.1) is 11.8 Å². The van der Waals surface area contributed by atoms with Crippen molar-refractivity contribution in [1.82, 2.24) is 0 Å². The van der Waals surface area contributed by atoms with Crippen molar-refractivity contribution in [3.63, 3.8) is 0 Å². The molecule has 0 aliphatic rings. The van der Waals surface area contributed by atoms with E-state index in [0.717, 1.165) is 121 Å². The first kappa shape index (κ1) is 96.5. The van der Waals surface area contributed by atoms with E-state index in [2.05, 4.69) is 65.8 Å². The zero-order chi connectivity index (χ0) is 72.8. The quantitative estimate of drug-likeness (QED) is 0.0169. The van der Waals surface area contributed by atoms with Gasteiger partial charge in [-0.05, 0) is 63.2 Å². The summed E-state index contributed by atoms with van der Waals surface area (Å²) in [5.41, 5.74) is 0. The second-order valence-electron chi connectivity index (χ2n) is 28.8. The predicted octanol–water partition coefficient (Wildman–Crippen LogP) is 23.4. The van der Waals surface area contributed by atoms with Crippen LogP contribution in [0.2, 0.25) is 0 Å². The molecule has 6 atom stereocenters. The van der Waals surface area contributed by atoms with Gasteiger partial charge in [0.25, 0.3) is 0 Å². The normalized spacial score (nSPS) is 14.4. The number of aliphatic hydroxyl groups is 1. The van der Waals surface area contributed by atoms with E-state index >= 15 is 0 Å². The minimum Gasteiger partial charge on any atom is -0.462 e. The van der Waals surface area contributed by atoms with Crippen molar-refractivity contribution in [1.29, 1.82) is 0 Å². The molecule has 99 heavy (non-hydrogen) atoms. The van der Waals surface area contributed by atoms with Gasteiger partial charge in [-0.2, -0.15) is 0 Å². The molecule has 0 aromatic rings. The van der Waals surface area contributed by atoms with Gasteiger partial charge in [0, 0.05) is 25.7 Å². The van der Waals surface area contributed by atoms with Crippen LogP contribution in [0.25, 0.3) is 0 Å². The summed E-state index contributed by atoms with van der Waals surface area (Å²) in [6, 6.07) is 0. The summed E-state index contributed by atoms with van der Waals surface area (Å²) in [6.07, 6.45) is 63.7. The van der Waals surface area contributed by atoms with Crippen LogP contribution < -0.4 is 0 Å². The Balaban J connectivity index is 5.15. The van der Waals surface area contributed by atoms with Gasteiger partial charge in [0.1, 0.15) is 19.3 Å². The van der Waals surface area contributed by atoms with Crippen molar-refractivity contribution >= 4 is 39.5 Å². The van der Waals surface area contributed by atoms with Gasteiger partial charge in [-0.1, -0.05) is 342 Å². The maximum absolute atomic E-state index is 13.1. The summed E-state index contributed by atoms with van der Waals surface area (Å²) < 4.78 is 68.4. The van der Waals surface area contributed by atoms with E-state index in [-0.39, 0.29) is 25.7 Å². The Morgan fingerprint density at radius 3 is 0.909 bits per heavy atom. The summed E-state index contributed by atoms with van der Waals surface area (Å²) in [6.45, 7) is 9.55. The average molecular weight is 1450 g/mol. The number of ether oxygens (including phenoxy) is 4. The third-order valence-corrected chi connectivity index (χ3v) is 20.3. The topological polar surface area (TPSA) is 237 Å². The number of aliphatic hydroxyl groups excluding tert-OH is 1. The van der Waals surface area contributed by atoms with Gasteiger partial charge in [-0.25, -0.2) is 9.13 Å².